The van der Waals surface area contributed by atoms with E-state index in [1.54, 1.807) is 30.3 Å². The number of rotatable bonds is 10. The molecular formula is C24H29N5O4. The minimum Gasteiger partial charge on any atom is -0.478 e. The molecule has 174 valence electrons. The third-order valence-corrected chi connectivity index (χ3v) is 5.30. The second-order valence-corrected chi connectivity index (χ2v) is 7.72. The number of carbonyl (C=O) groups excluding carboxylic acids is 1. The number of carboxylic acids is 1. The molecule has 9 nitrogen and oxygen atoms in total. The van der Waals surface area contributed by atoms with E-state index in [1.807, 2.05) is 23.7 Å². The number of benzene rings is 2. The number of hydrogen-bond donors (Lipinski definition) is 4. The quantitative estimate of drug-likeness (QED) is 0.204. The number of alkyl carbamates (subject to hydrolysis) is 1. The highest BCUT2D eigenvalue weighted by Gasteiger charge is 2.11. The third-order valence-electron chi connectivity index (χ3n) is 5.30. The summed E-state index contributed by atoms with van der Waals surface area (Å²) in [7, 11) is 1.88. The molecule has 0 spiro atoms. The van der Waals surface area contributed by atoms with Crippen LogP contribution in [0.1, 0.15) is 54.4 Å². The molecule has 2 aromatic carbocycles. The molecule has 0 radical (unpaired) electrons. The monoisotopic (exact) mass is 451 g/mol. The molecule has 0 unspecified atom stereocenters. The van der Waals surface area contributed by atoms with Crippen LogP contribution in [0.2, 0.25) is 0 Å². The van der Waals surface area contributed by atoms with Gasteiger partial charge in [-0.05, 0) is 48.9 Å². The molecule has 3 rings (SSSR count). The number of carbonyl (C=O) groups is 2. The van der Waals surface area contributed by atoms with E-state index in [-0.39, 0.29) is 11.4 Å². The van der Waals surface area contributed by atoms with Crippen molar-refractivity contribution in [3.8, 4) is 0 Å². The third kappa shape index (κ3) is 6.31. The van der Waals surface area contributed by atoms with E-state index in [9.17, 15) is 9.59 Å². The second kappa shape index (κ2) is 11.1. The van der Waals surface area contributed by atoms with Crippen molar-refractivity contribution in [3.63, 3.8) is 0 Å². The van der Waals surface area contributed by atoms with E-state index in [1.165, 1.54) is 0 Å². The Hall–Kier alpha value is -3.88. The van der Waals surface area contributed by atoms with Gasteiger partial charge in [0.2, 0.25) is 0 Å². The summed E-state index contributed by atoms with van der Waals surface area (Å²) in [5.74, 6) is -0.250. The zero-order valence-corrected chi connectivity index (χ0v) is 18.9. The van der Waals surface area contributed by atoms with E-state index in [0.29, 0.717) is 24.2 Å². The van der Waals surface area contributed by atoms with Gasteiger partial charge in [0.1, 0.15) is 11.7 Å². The average Bonchev–Trinajstić information content (AvgIpc) is 3.12. The number of fused-ring (bicyclic) bond motifs is 1. The summed E-state index contributed by atoms with van der Waals surface area (Å²) in [6.45, 7) is 2.91. The van der Waals surface area contributed by atoms with Gasteiger partial charge in [0.15, 0.2) is 0 Å². The second-order valence-electron chi connectivity index (χ2n) is 7.72. The molecule has 0 aliphatic heterocycles. The first-order valence-corrected chi connectivity index (χ1v) is 10.9. The lowest BCUT2D eigenvalue weighted by molar-refractivity contribution is 0.0697. The van der Waals surface area contributed by atoms with Crippen molar-refractivity contribution in [2.75, 3.05) is 11.9 Å². The molecule has 1 amide bonds. The Morgan fingerprint density at radius 1 is 1.09 bits per heavy atom. The summed E-state index contributed by atoms with van der Waals surface area (Å²) in [5, 5.41) is 22.9. The summed E-state index contributed by atoms with van der Waals surface area (Å²) in [6, 6.07) is 12.0. The van der Waals surface area contributed by atoms with Gasteiger partial charge in [0.25, 0.3) is 0 Å². The van der Waals surface area contributed by atoms with Crippen LogP contribution in [0, 0.1) is 5.41 Å². The van der Waals surface area contributed by atoms with Crippen LogP contribution in [-0.2, 0) is 18.3 Å². The van der Waals surface area contributed by atoms with Crippen LogP contribution in [0.3, 0.4) is 0 Å². The largest absolute Gasteiger partial charge is 0.478 e. The number of nitrogens with zero attached hydrogens (tertiary/aromatic N) is 2. The van der Waals surface area contributed by atoms with Crippen LogP contribution in [0.5, 0.6) is 0 Å². The molecule has 1 aromatic heterocycles. The summed E-state index contributed by atoms with van der Waals surface area (Å²) in [4.78, 5) is 27.5. The van der Waals surface area contributed by atoms with Crippen LogP contribution < -0.4 is 10.6 Å². The minimum absolute atomic E-state index is 0.0234. The molecule has 0 aliphatic rings. The molecule has 0 aliphatic carbocycles. The maximum Gasteiger partial charge on any atom is 0.412 e. The fraction of sp³-hybridized carbons (Fsp3) is 0.333. The summed E-state index contributed by atoms with van der Waals surface area (Å²) < 4.78 is 7.02. The van der Waals surface area contributed by atoms with Gasteiger partial charge in [0.05, 0.1) is 29.7 Å². The lowest BCUT2D eigenvalue weighted by Gasteiger charge is -2.10. The Labute approximate surface area is 192 Å². The number of hydrogen-bond acceptors (Lipinski definition) is 6. The fourth-order valence-electron chi connectivity index (χ4n) is 3.38. The molecule has 0 saturated carbocycles. The van der Waals surface area contributed by atoms with Gasteiger partial charge >= 0.3 is 12.1 Å². The van der Waals surface area contributed by atoms with Gasteiger partial charge in [-0.25, -0.2) is 14.6 Å². The number of ether oxygens (including phenoxy) is 1. The van der Waals surface area contributed by atoms with Gasteiger partial charge in [-0.15, -0.1) is 0 Å². The Morgan fingerprint density at radius 2 is 1.82 bits per heavy atom. The zero-order chi connectivity index (χ0) is 23.8. The number of amidine groups is 1. The smallest absolute Gasteiger partial charge is 0.412 e. The molecule has 0 bridgehead atoms. The first kappa shape index (κ1) is 23.8. The number of unbranched alkanes of at least 4 members (excludes halogenated alkanes) is 3. The van der Waals surface area contributed by atoms with Crippen molar-refractivity contribution in [3.05, 3.63) is 59.4 Å². The summed E-state index contributed by atoms with van der Waals surface area (Å²) in [6.07, 6.45) is 3.46. The normalized spacial score (nSPS) is 10.7. The molecule has 9 heteroatoms. The number of carboxylic acid groups (broad SMARTS) is 1. The zero-order valence-electron chi connectivity index (χ0n) is 18.9. The van der Waals surface area contributed by atoms with Gasteiger partial charge in [0, 0.05) is 18.3 Å². The standard InChI is InChI=1S/C24H29N5O4/c1-3-4-5-6-13-33-24(32)28-22(25)16-7-10-18(11-8-16)26-15-21-27-19-14-17(23(30)31)9-12-20(19)29(21)2/h7-12,14,26H,3-6,13,15H2,1-2H3,(H,30,31)(H2,25,28,32). The topological polar surface area (TPSA) is 129 Å². The van der Waals surface area contributed by atoms with Crippen molar-refractivity contribution in [1.82, 2.24) is 14.9 Å². The minimum atomic E-state index is -0.984. The van der Waals surface area contributed by atoms with E-state index in [0.717, 1.165) is 42.7 Å². The van der Waals surface area contributed by atoms with Crippen LogP contribution in [0.15, 0.2) is 42.5 Å². The number of aromatic carboxylic acids is 1. The fourth-order valence-corrected chi connectivity index (χ4v) is 3.38. The molecule has 4 N–H and O–H groups in total. The number of amides is 1. The molecular weight excluding hydrogens is 422 g/mol. The van der Waals surface area contributed by atoms with Gasteiger partial charge in [-0.3, -0.25) is 10.7 Å². The number of nitrogens with one attached hydrogen (secondary N) is 3. The maximum absolute atomic E-state index is 11.8. The van der Waals surface area contributed by atoms with Crippen molar-refractivity contribution < 1.29 is 19.4 Å². The first-order valence-electron chi connectivity index (χ1n) is 10.9. The van der Waals surface area contributed by atoms with Crippen molar-refractivity contribution >= 4 is 34.6 Å². The van der Waals surface area contributed by atoms with Crippen LogP contribution in [0.4, 0.5) is 10.5 Å². The van der Waals surface area contributed by atoms with Crippen molar-refractivity contribution in [2.45, 2.75) is 39.2 Å². The highest BCUT2D eigenvalue weighted by molar-refractivity contribution is 6.04. The van der Waals surface area contributed by atoms with E-state index in [4.69, 9.17) is 15.3 Å². The Kier molecular flexibility index (Phi) is 8.01. The number of imidazole rings is 1. The highest BCUT2D eigenvalue weighted by atomic mass is 16.5. The molecule has 1 heterocycles. The Morgan fingerprint density at radius 3 is 2.52 bits per heavy atom. The van der Waals surface area contributed by atoms with Crippen LogP contribution >= 0.6 is 0 Å². The van der Waals surface area contributed by atoms with Crippen molar-refractivity contribution in [1.29, 1.82) is 5.41 Å². The van der Waals surface area contributed by atoms with Gasteiger partial charge in [-0.2, -0.15) is 0 Å². The molecule has 0 fully saturated rings. The summed E-state index contributed by atoms with van der Waals surface area (Å²) in [5.41, 5.74) is 3.06. The van der Waals surface area contributed by atoms with Gasteiger partial charge in [-0.1, -0.05) is 26.2 Å². The lowest BCUT2D eigenvalue weighted by atomic mass is 10.2. The average molecular weight is 452 g/mol. The van der Waals surface area contributed by atoms with E-state index < -0.39 is 12.1 Å². The Balaban J connectivity index is 1.53. The predicted octanol–water partition coefficient (Wildman–Crippen LogP) is 4.52. The SMILES string of the molecule is CCCCCCOC(=O)NC(=N)c1ccc(NCc2nc3cc(C(=O)O)ccc3n2C)cc1. The molecule has 0 atom stereocenters. The van der Waals surface area contributed by atoms with Crippen molar-refractivity contribution in [2.24, 2.45) is 7.05 Å². The van der Waals surface area contributed by atoms with E-state index in [2.05, 4.69) is 22.5 Å². The molecule has 3 aromatic rings. The first-order chi connectivity index (χ1) is 15.9. The Bertz CT molecular complexity index is 1140. The predicted molar refractivity (Wildman–Crippen MR) is 127 cm³/mol. The molecule has 0 saturated heterocycles. The summed E-state index contributed by atoms with van der Waals surface area (Å²) >= 11 is 0. The van der Waals surface area contributed by atoms with E-state index >= 15 is 0 Å². The highest BCUT2D eigenvalue weighted by Crippen LogP contribution is 2.18. The van der Waals surface area contributed by atoms with Gasteiger partial charge < -0.3 is 19.7 Å². The number of aromatic nitrogens is 2. The maximum atomic E-state index is 11.8. The number of aryl methyl sites for hydroxylation is 1. The number of anilines is 1. The van der Waals surface area contributed by atoms with Crippen LogP contribution in [-0.4, -0.2) is 39.2 Å². The molecule has 33 heavy (non-hydrogen) atoms. The van der Waals surface area contributed by atoms with Crippen LogP contribution in [0.25, 0.3) is 11.0 Å². The lowest BCUT2D eigenvalue weighted by Crippen LogP contribution is -2.31.